The largest absolute Gasteiger partial charge is 0.388 e. The number of benzene rings is 1. The number of aliphatic hydroxyl groups is 1. The molecule has 3 nitrogen and oxygen atoms in total. The van der Waals surface area contributed by atoms with E-state index in [9.17, 15) is 5.11 Å². The van der Waals surface area contributed by atoms with E-state index in [2.05, 4.69) is 11.2 Å². The van der Waals surface area contributed by atoms with Crippen molar-refractivity contribution in [2.45, 2.75) is 38.2 Å². The van der Waals surface area contributed by atoms with Crippen LogP contribution in [0.3, 0.4) is 0 Å². The minimum atomic E-state index is -0.422. The van der Waals surface area contributed by atoms with Gasteiger partial charge in [0, 0.05) is 17.7 Å². The van der Waals surface area contributed by atoms with Crippen LogP contribution in [0.15, 0.2) is 36.5 Å². The van der Waals surface area contributed by atoms with Crippen LogP contribution in [0.4, 0.5) is 0 Å². The minimum Gasteiger partial charge on any atom is -0.388 e. The smallest absolute Gasteiger partial charge is 0.0808 e. The van der Waals surface area contributed by atoms with Gasteiger partial charge in [-0.1, -0.05) is 25.1 Å². The van der Waals surface area contributed by atoms with Crippen molar-refractivity contribution < 1.29 is 5.11 Å². The summed E-state index contributed by atoms with van der Waals surface area (Å²) in [4.78, 5) is 0. The Morgan fingerprint density at radius 2 is 2.11 bits per heavy atom. The molecule has 1 saturated carbocycles. The number of nitrogens with zero attached hydrogens (tertiary/aromatic N) is 2. The monoisotopic (exact) mass is 242 g/mol. The van der Waals surface area contributed by atoms with Crippen LogP contribution in [0.25, 0.3) is 5.69 Å². The summed E-state index contributed by atoms with van der Waals surface area (Å²) in [5.41, 5.74) is 3.11. The van der Waals surface area contributed by atoms with Crippen LogP contribution in [0.2, 0.25) is 0 Å². The molecule has 0 saturated heterocycles. The van der Waals surface area contributed by atoms with Crippen LogP contribution in [0.5, 0.6) is 0 Å². The van der Waals surface area contributed by atoms with E-state index in [-0.39, 0.29) is 0 Å². The zero-order valence-electron chi connectivity index (χ0n) is 10.6. The fourth-order valence-corrected chi connectivity index (χ4v) is 2.27. The molecule has 0 amide bonds. The topological polar surface area (TPSA) is 38.0 Å². The van der Waals surface area contributed by atoms with Gasteiger partial charge in [-0.2, -0.15) is 5.10 Å². The van der Waals surface area contributed by atoms with Gasteiger partial charge in [-0.05, 0) is 31.4 Å². The first-order valence-electron chi connectivity index (χ1n) is 6.62. The molecule has 0 bridgehead atoms. The lowest BCUT2D eigenvalue weighted by Gasteiger charge is -2.13. The van der Waals surface area contributed by atoms with Crippen LogP contribution in [-0.4, -0.2) is 14.9 Å². The normalized spacial score (nSPS) is 16.8. The maximum Gasteiger partial charge on any atom is 0.0808 e. The van der Waals surface area contributed by atoms with Gasteiger partial charge in [0.1, 0.15) is 0 Å². The zero-order valence-corrected chi connectivity index (χ0v) is 10.6. The summed E-state index contributed by atoms with van der Waals surface area (Å²) in [6.07, 6.45) is 4.81. The number of aliphatic hydroxyl groups excluding tert-OH is 1. The van der Waals surface area contributed by atoms with Gasteiger partial charge in [-0.3, -0.25) is 0 Å². The highest BCUT2D eigenvalue weighted by Crippen LogP contribution is 2.39. The van der Waals surface area contributed by atoms with Crippen molar-refractivity contribution in [1.29, 1.82) is 0 Å². The van der Waals surface area contributed by atoms with E-state index in [1.807, 2.05) is 42.1 Å². The SMILES string of the molecule is CC[C@H](O)c1ccccc1-n1ccc(C2CC2)n1. The fraction of sp³-hybridized carbons (Fsp3) is 0.400. The molecule has 18 heavy (non-hydrogen) atoms. The van der Waals surface area contributed by atoms with Crippen molar-refractivity contribution in [3.05, 3.63) is 47.8 Å². The molecule has 1 aromatic carbocycles. The Bertz CT molecular complexity index is 543. The van der Waals surface area contributed by atoms with Crippen molar-refractivity contribution in [3.8, 4) is 5.69 Å². The lowest BCUT2D eigenvalue weighted by atomic mass is 10.1. The molecule has 3 heteroatoms. The second-order valence-electron chi connectivity index (χ2n) is 4.94. The first-order chi connectivity index (χ1) is 8.79. The number of rotatable bonds is 4. The quantitative estimate of drug-likeness (QED) is 0.894. The van der Waals surface area contributed by atoms with Gasteiger partial charge in [0.05, 0.1) is 17.5 Å². The third-order valence-corrected chi connectivity index (χ3v) is 3.53. The highest BCUT2D eigenvalue weighted by Gasteiger charge is 2.26. The van der Waals surface area contributed by atoms with Crippen LogP contribution < -0.4 is 0 Å². The van der Waals surface area contributed by atoms with E-state index >= 15 is 0 Å². The molecule has 1 fully saturated rings. The van der Waals surface area contributed by atoms with Crippen molar-refractivity contribution in [2.75, 3.05) is 0 Å². The number of aromatic nitrogens is 2. The molecular formula is C15H18N2O. The molecule has 1 aliphatic rings. The van der Waals surface area contributed by atoms with Crippen molar-refractivity contribution >= 4 is 0 Å². The second kappa shape index (κ2) is 4.58. The molecule has 0 radical (unpaired) electrons. The first-order valence-corrected chi connectivity index (χ1v) is 6.62. The van der Waals surface area contributed by atoms with E-state index in [1.54, 1.807) is 0 Å². The van der Waals surface area contributed by atoms with Crippen LogP contribution in [-0.2, 0) is 0 Å². The summed E-state index contributed by atoms with van der Waals surface area (Å²) < 4.78 is 1.89. The Morgan fingerprint density at radius 3 is 2.83 bits per heavy atom. The number of hydrogen-bond acceptors (Lipinski definition) is 2. The summed E-state index contributed by atoms with van der Waals surface area (Å²) in [6.45, 7) is 1.99. The molecule has 1 aliphatic carbocycles. The Morgan fingerprint density at radius 1 is 1.33 bits per heavy atom. The van der Waals surface area contributed by atoms with Gasteiger partial charge in [0.15, 0.2) is 0 Å². The van der Waals surface area contributed by atoms with Crippen molar-refractivity contribution in [3.63, 3.8) is 0 Å². The van der Waals surface area contributed by atoms with Crippen LogP contribution >= 0.6 is 0 Å². The molecule has 3 rings (SSSR count). The highest BCUT2D eigenvalue weighted by atomic mass is 16.3. The summed E-state index contributed by atoms with van der Waals surface area (Å²) in [6, 6.07) is 10.0. The molecule has 1 heterocycles. The molecule has 1 atom stereocenters. The van der Waals surface area contributed by atoms with E-state index in [1.165, 1.54) is 18.5 Å². The summed E-state index contributed by atoms with van der Waals surface area (Å²) >= 11 is 0. The molecule has 94 valence electrons. The third kappa shape index (κ3) is 2.06. The van der Waals surface area contributed by atoms with E-state index in [4.69, 9.17) is 0 Å². The Labute approximate surface area is 107 Å². The predicted molar refractivity (Wildman–Crippen MR) is 70.8 cm³/mol. The molecule has 0 spiro atoms. The number of hydrogen-bond donors (Lipinski definition) is 1. The van der Waals surface area contributed by atoms with Crippen LogP contribution in [0, 0.1) is 0 Å². The average Bonchev–Trinajstić information content (AvgIpc) is 3.16. The standard InChI is InChI=1S/C15H18N2O/c1-2-15(18)12-5-3-4-6-14(12)17-10-9-13(16-17)11-7-8-11/h3-6,9-11,15,18H,2,7-8H2,1H3/t15-/m0/s1. The van der Waals surface area contributed by atoms with E-state index < -0.39 is 6.10 Å². The first kappa shape index (κ1) is 11.5. The summed E-state index contributed by atoms with van der Waals surface area (Å²) in [5, 5.41) is 14.7. The minimum absolute atomic E-state index is 0.422. The van der Waals surface area contributed by atoms with Gasteiger partial charge in [-0.15, -0.1) is 0 Å². The Kier molecular flexibility index (Phi) is 2.92. The molecule has 0 unspecified atom stereocenters. The lowest BCUT2D eigenvalue weighted by molar-refractivity contribution is 0.173. The van der Waals surface area contributed by atoms with Gasteiger partial charge >= 0.3 is 0 Å². The summed E-state index contributed by atoms with van der Waals surface area (Å²) in [5.74, 6) is 0.662. The molecule has 0 aliphatic heterocycles. The molecule has 1 aromatic heterocycles. The van der Waals surface area contributed by atoms with Crippen molar-refractivity contribution in [1.82, 2.24) is 9.78 Å². The zero-order chi connectivity index (χ0) is 12.5. The van der Waals surface area contributed by atoms with Gasteiger partial charge < -0.3 is 5.11 Å². The summed E-state index contributed by atoms with van der Waals surface area (Å²) in [7, 11) is 0. The average molecular weight is 242 g/mol. The fourth-order valence-electron chi connectivity index (χ4n) is 2.27. The maximum absolute atomic E-state index is 10.1. The molecule has 2 aromatic rings. The van der Waals surface area contributed by atoms with Gasteiger partial charge in [0.2, 0.25) is 0 Å². The Balaban J connectivity index is 1.98. The van der Waals surface area contributed by atoms with Crippen molar-refractivity contribution in [2.24, 2.45) is 0 Å². The second-order valence-corrected chi connectivity index (χ2v) is 4.94. The Hall–Kier alpha value is -1.61. The molecular weight excluding hydrogens is 224 g/mol. The maximum atomic E-state index is 10.1. The van der Waals surface area contributed by atoms with Crippen LogP contribution in [0.1, 0.15) is 49.5 Å². The van der Waals surface area contributed by atoms with E-state index in [0.717, 1.165) is 11.3 Å². The predicted octanol–water partition coefficient (Wildman–Crippen LogP) is 3.19. The lowest BCUT2D eigenvalue weighted by Crippen LogP contribution is -2.04. The third-order valence-electron chi connectivity index (χ3n) is 3.53. The van der Waals surface area contributed by atoms with Gasteiger partial charge in [0.25, 0.3) is 0 Å². The number of para-hydroxylation sites is 1. The van der Waals surface area contributed by atoms with E-state index in [0.29, 0.717) is 12.3 Å². The van der Waals surface area contributed by atoms with Gasteiger partial charge in [-0.25, -0.2) is 4.68 Å². The highest BCUT2D eigenvalue weighted by molar-refractivity contribution is 5.42. The molecule has 1 N–H and O–H groups in total.